The van der Waals surface area contributed by atoms with Gasteiger partial charge in [-0.1, -0.05) is 30.3 Å². The van der Waals surface area contributed by atoms with E-state index >= 15 is 0 Å². The minimum atomic E-state index is -1.10. The summed E-state index contributed by atoms with van der Waals surface area (Å²) in [6.07, 6.45) is 2.04. The van der Waals surface area contributed by atoms with Crippen molar-refractivity contribution in [2.75, 3.05) is 4.90 Å². The average Bonchev–Trinajstić information content (AvgIpc) is 3.52. The number of carbonyl (C=O) groups is 1. The van der Waals surface area contributed by atoms with E-state index < -0.39 is 12.3 Å². The Morgan fingerprint density at radius 3 is 2.83 bits per heavy atom. The van der Waals surface area contributed by atoms with E-state index in [1.807, 2.05) is 18.2 Å². The number of rotatable bonds is 4. The molecule has 1 aliphatic heterocycles. The maximum absolute atomic E-state index is 14.2. The fourth-order valence-corrected chi connectivity index (χ4v) is 4.13. The molecule has 1 saturated carbocycles. The number of carbonyl (C=O) groups excluding carboxylic acids is 1. The van der Waals surface area contributed by atoms with Gasteiger partial charge in [-0.2, -0.15) is 0 Å². The largest absolute Gasteiger partial charge is 0.421 e. The molecule has 0 saturated heterocycles. The van der Waals surface area contributed by atoms with E-state index in [0.717, 1.165) is 18.4 Å². The van der Waals surface area contributed by atoms with Crippen LogP contribution in [0.25, 0.3) is 10.1 Å². The molecule has 30 heavy (non-hydrogen) atoms. The van der Waals surface area contributed by atoms with Gasteiger partial charge >= 0.3 is 0 Å². The quantitative estimate of drug-likeness (QED) is 0.500. The number of nitrogens with zero attached hydrogens (tertiary/aromatic N) is 3. The van der Waals surface area contributed by atoms with Gasteiger partial charge < -0.3 is 9.32 Å². The van der Waals surface area contributed by atoms with Crippen LogP contribution in [0, 0.1) is 12.7 Å². The maximum Gasteiger partial charge on any atom is 0.245 e. The molecule has 0 spiro atoms. The van der Waals surface area contributed by atoms with Gasteiger partial charge in [0.15, 0.2) is 0 Å². The van der Waals surface area contributed by atoms with E-state index in [-0.39, 0.29) is 12.3 Å². The molecule has 0 N–H and O–H groups in total. The molecular formula is C23H19BrFN3O2. The van der Waals surface area contributed by atoms with E-state index in [1.54, 1.807) is 25.1 Å². The lowest BCUT2D eigenvalue weighted by atomic mass is 10.1. The van der Waals surface area contributed by atoms with Crippen LogP contribution in [0.2, 0.25) is 0 Å². The van der Waals surface area contributed by atoms with Crippen LogP contribution in [0.4, 0.5) is 10.1 Å². The predicted molar refractivity (Wildman–Crippen MR) is 115 cm³/mol. The van der Waals surface area contributed by atoms with Crippen molar-refractivity contribution < 1.29 is 15.0 Å². The molecule has 1 unspecified atom stereocenters. The summed E-state index contributed by atoms with van der Waals surface area (Å²) in [5, 5.41) is 8.32. The smallest absolute Gasteiger partial charge is 0.245 e. The molecule has 2 aliphatic rings. The minimum Gasteiger partial charge on any atom is -0.421 e. The molecule has 5 rings (SSSR count). The first-order chi connectivity index (χ1) is 14.9. The van der Waals surface area contributed by atoms with Crippen LogP contribution in [0.3, 0.4) is 0 Å². The summed E-state index contributed by atoms with van der Waals surface area (Å²) in [6, 6.07) is 11.9. The molecule has 1 fully saturated rings. The first kappa shape index (κ1) is 18.0. The highest BCUT2D eigenvalue weighted by atomic mass is 79.9. The van der Waals surface area contributed by atoms with Gasteiger partial charge in [-0.15, -0.1) is 10.2 Å². The molecule has 2 heterocycles. The van der Waals surface area contributed by atoms with Gasteiger partial charge in [0.25, 0.3) is 0 Å². The molecular weight excluding hydrogens is 449 g/mol. The maximum atomic E-state index is 14.2. The molecule has 3 aromatic rings. The number of fused-ring (bicyclic) bond motifs is 1. The van der Waals surface area contributed by atoms with E-state index in [1.165, 1.54) is 11.0 Å². The Balaban J connectivity index is 1.58. The second kappa shape index (κ2) is 7.47. The van der Waals surface area contributed by atoms with Crippen LogP contribution >= 0.6 is 15.9 Å². The second-order valence-electron chi connectivity index (χ2n) is 7.61. The van der Waals surface area contributed by atoms with Gasteiger partial charge in [-0.25, -0.2) is 4.39 Å². The second-order valence-corrected chi connectivity index (χ2v) is 8.40. The highest BCUT2D eigenvalue weighted by molar-refractivity contribution is 9.15. The van der Waals surface area contributed by atoms with Crippen molar-refractivity contribution in [1.29, 1.82) is 0 Å². The summed E-state index contributed by atoms with van der Waals surface area (Å²) in [5.41, 5.74) is 2.78. The molecule has 1 amide bonds. The van der Waals surface area contributed by atoms with Crippen LogP contribution in [-0.2, 0) is 11.3 Å². The monoisotopic (exact) mass is 468 g/mol. The number of hydrogen-bond acceptors (Lipinski definition) is 4. The molecule has 5 nitrogen and oxygen atoms in total. The minimum absolute atomic E-state index is 0.0225. The van der Waals surface area contributed by atoms with Gasteiger partial charge in [0.1, 0.15) is 5.82 Å². The third kappa shape index (κ3) is 3.47. The van der Waals surface area contributed by atoms with Crippen LogP contribution in [0.5, 0.6) is 0 Å². The Morgan fingerprint density at radius 2 is 2.07 bits per heavy atom. The van der Waals surface area contributed by atoms with Crippen molar-refractivity contribution in [3.05, 3.63) is 76.8 Å². The van der Waals surface area contributed by atoms with Gasteiger partial charge in [0.05, 0.1) is 20.0 Å². The average molecular weight is 469 g/mol. The van der Waals surface area contributed by atoms with Crippen molar-refractivity contribution in [3.8, 4) is 0 Å². The Labute approximate surface area is 183 Å². The van der Waals surface area contributed by atoms with Gasteiger partial charge in [-0.05, 0) is 59.0 Å². The normalized spacial score (nSPS) is 18.2. The molecule has 1 atom stereocenters. The first-order valence-electron chi connectivity index (χ1n) is 10.3. The number of aryl methyl sites for hydroxylation is 1. The molecule has 0 radical (unpaired) electrons. The van der Waals surface area contributed by atoms with Crippen LogP contribution in [0.1, 0.15) is 55.0 Å². The molecule has 1 aliphatic carbocycles. The lowest BCUT2D eigenvalue weighted by Crippen LogP contribution is -2.30. The van der Waals surface area contributed by atoms with E-state index in [2.05, 4.69) is 26.1 Å². The fourth-order valence-electron chi connectivity index (χ4n) is 3.48. The van der Waals surface area contributed by atoms with Gasteiger partial charge in [0, 0.05) is 21.5 Å². The Hall–Kier alpha value is -2.80. The van der Waals surface area contributed by atoms with Gasteiger partial charge in [0.2, 0.25) is 17.7 Å². The Morgan fingerprint density at radius 1 is 1.27 bits per heavy atom. The lowest BCUT2D eigenvalue weighted by Gasteiger charge is -2.23. The zero-order chi connectivity index (χ0) is 21.7. The number of hydrogen-bond donors (Lipinski definition) is 0. The molecule has 152 valence electrons. The standard InChI is InChI=1S/C23H19BrFN3O2/c1-13-6-7-14(10-18(13)25)12-28-19-5-3-2-4-16(19)21(24)17(11-20(28)29)23-27-26-22(30-23)15-8-9-15/h2-7,10,15H,8-9,11-12H2,1H3/i12D. The van der Waals surface area contributed by atoms with Crippen molar-refractivity contribution >= 4 is 37.6 Å². The van der Waals surface area contributed by atoms with Crippen molar-refractivity contribution in [1.82, 2.24) is 10.2 Å². The zero-order valence-electron chi connectivity index (χ0n) is 17.2. The molecule has 2 aromatic carbocycles. The van der Waals surface area contributed by atoms with Gasteiger partial charge in [-0.3, -0.25) is 4.79 Å². The number of para-hydroxylation sites is 1. The van der Waals surface area contributed by atoms with Crippen LogP contribution in [0.15, 0.2) is 46.9 Å². The van der Waals surface area contributed by atoms with Crippen molar-refractivity contribution in [2.24, 2.45) is 0 Å². The zero-order valence-corrected chi connectivity index (χ0v) is 17.8. The summed E-state index contributed by atoms with van der Waals surface area (Å²) in [4.78, 5) is 14.8. The van der Waals surface area contributed by atoms with Crippen molar-refractivity contribution in [3.63, 3.8) is 0 Å². The Kier molecular flexibility index (Phi) is 4.48. The first-order valence-corrected chi connectivity index (χ1v) is 10.6. The fraction of sp³-hybridized carbons (Fsp3) is 0.261. The summed E-state index contributed by atoms with van der Waals surface area (Å²) in [6.45, 7) is 0.561. The summed E-state index contributed by atoms with van der Waals surface area (Å²) < 4.78 is 29.5. The summed E-state index contributed by atoms with van der Waals surface area (Å²) in [5.74, 6) is 0.507. The van der Waals surface area contributed by atoms with Crippen LogP contribution < -0.4 is 4.90 Å². The Bertz CT molecular complexity index is 1220. The third-order valence-electron chi connectivity index (χ3n) is 5.36. The number of amides is 1. The third-order valence-corrected chi connectivity index (χ3v) is 6.27. The highest BCUT2D eigenvalue weighted by Gasteiger charge is 2.33. The molecule has 1 aromatic heterocycles. The van der Waals surface area contributed by atoms with E-state index in [9.17, 15) is 9.18 Å². The number of aromatic nitrogens is 2. The molecule has 0 bridgehead atoms. The van der Waals surface area contributed by atoms with Crippen molar-refractivity contribution in [2.45, 2.75) is 38.6 Å². The van der Waals surface area contributed by atoms with E-state index in [0.29, 0.717) is 44.6 Å². The van der Waals surface area contributed by atoms with Crippen LogP contribution in [-0.4, -0.2) is 16.1 Å². The highest BCUT2D eigenvalue weighted by Crippen LogP contribution is 2.44. The number of anilines is 1. The van der Waals surface area contributed by atoms with E-state index in [4.69, 9.17) is 5.79 Å². The summed E-state index contributed by atoms with van der Waals surface area (Å²) >= 11 is 3.64. The summed E-state index contributed by atoms with van der Waals surface area (Å²) in [7, 11) is 0. The number of halogens is 2. The molecule has 7 heteroatoms. The lowest BCUT2D eigenvalue weighted by molar-refractivity contribution is -0.117. The SMILES string of the molecule is [2H]C(c1ccc(C)c(F)c1)N1C(=O)CC(c2nnc(C3CC3)o2)=C(Br)c2ccccc21. The number of benzene rings is 2. The predicted octanol–water partition coefficient (Wildman–Crippen LogP) is 5.59. The topological polar surface area (TPSA) is 59.2 Å².